The van der Waals surface area contributed by atoms with E-state index in [1.54, 1.807) is 12.3 Å². The fourth-order valence-corrected chi connectivity index (χ4v) is 3.10. The van der Waals surface area contributed by atoms with Crippen LogP contribution in [0.5, 0.6) is 0 Å². The SMILES string of the molecule is CCc1cc(C(=O)N2CCC[C@H]2c2ccnc(CNC(C)=O)c2)no1. The lowest BCUT2D eigenvalue weighted by Crippen LogP contribution is -2.31. The second-order valence-corrected chi connectivity index (χ2v) is 6.18. The highest BCUT2D eigenvalue weighted by Gasteiger charge is 2.32. The van der Waals surface area contributed by atoms with E-state index in [0.29, 0.717) is 31.0 Å². The monoisotopic (exact) mass is 342 g/mol. The Balaban J connectivity index is 1.78. The molecule has 0 bridgehead atoms. The molecule has 0 spiro atoms. The zero-order valence-electron chi connectivity index (χ0n) is 14.5. The first-order valence-corrected chi connectivity index (χ1v) is 8.54. The fraction of sp³-hybridized carbons (Fsp3) is 0.444. The van der Waals surface area contributed by atoms with Crippen molar-refractivity contribution in [3.63, 3.8) is 0 Å². The zero-order valence-corrected chi connectivity index (χ0v) is 14.5. The van der Waals surface area contributed by atoms with Crippen LogP contribution in [-0.2, 0) is 17.8 Å². The van der Waals surface area contributed by atoms with Crippen molar-refractivity contribution >= 4 is 11.8 Å². The van der Waals surface area contributed by atoms with Gasteiger partial charge in [-0.1, -0.05) is 12.1 Å². The van der Waals surface area contributed by atoms with Gasteiger partial charge in [0.25, 0.3) is 5.91 Å². The van der Waals surface area contributed by atoms with Gasteiger partial charge in [0.05, 0.1) is 18.3 Å². The average Bonchev–Trinajstić information content (AvgIpc) is 3.28. The number of carbonyl (C=O) groups excluding carboxylic acids is 2. The number of rotatable bonds is 5. The molecule has 3 heterocycles. The molecule has 1 atom stereocenters. The van der Waals surface area contributed by atoms with Crippen LogP contribution < -0.4 is 5.32 Å². The Morgan fingerprint density at radius 1 is 1.40 bits per heavy atom. The summed E-state index contributed by atoms with van der Waals surface area (Å²) in [6.45, 7) is 4.51. The molecule has 2 aromatic rings. The molecule has 25 heavy (non-hydrogen) atoms. The van der Waals surface area contributed by atoms with Gasteiger partial charge in [-0.25, -0.2) is 0 Å². The molecular formula is C18H22N4O3. The van der Waals surface area contributed by atoms with Crippen LogP contribution in [0.25, 0.3) is 0 Å². The number of hydrogen-bond acceptors (Lipinski definition) is 5. The Labute approximate surface area is 146 Å². The van der Waals surface area contributed by atoms with E-state index in [1.165, 1.54) is 6.92 Å². The van der Waals surface area contributed by atoms with E-state index in [1.807, 2.05) is 24.0 Å². The average molecular weight is 342 g/mol. The molecule has 3 rings (SSSR count). The van der Waals surface area contributed by atoms with Crippen molar-refractivity contribution in [1.82, 2.24) is 20.4 Å². The van der Waals surface area contributed by atoms with E-state index in [-0.39, 0.29) is 17.9 Å². The first-order chi connectivity index (χ1) is 12.1. The Morgan fingerprint density at radius 2 is 2.24 bits per heavy atom. The zero-order chi connectivity index (χ0) is 17.8. The minimum atomic E-state index is -0.105. The summed E-state index contributed by atoms with van der Waals surface area (Å²) >= 11 is 0. The molecule has 2 aromatic heterocycles. The molecule has 1 aliphatic rings. The summed E-state index contributed by atoms with van der Waals surface area (Å²) in [5.41, 5.74) is 2.17. The van der Waals surface area contributed by atoms with Crippen molar-refractivity contribution in [2.75, 3.05) is 6.54 Å². The summed E-state index contributed by atoms with van der Waals surface area (Å²) in [5, 5.41) is 6.64. The first-order valence-electron chi connectivity index (χ1n) is 8.54. The molecule has 2 amide bonds. The Morgan fingerprint density at radius 3 is 2.96 bits per heavy atom. The van der Waals surface area contributed by atoms with E-state index >= 15 is 0 Å². The van der Waals surface area contributed by atoms with Crippen molar-refractivity contribution < 1.29 is 14.1 Å². The maximum absolute atomic E-state index is 12.8. The maximum Gasteiger partial charge on any atom is 0.276 e. The van der Waals surface area contributed by atoms with Crippen molar-refractivity contribution in [3.05, 3.63) is 47.1 Å². The lowest BCUT2D eigenvalue weighted by Gasteiger charge is -2.24. The number of hydrogen-bond donors (Lipinski definition) is 1. The molecule has 7 heteroatoms. The number of amides is 2. The van der Waals surface area contributed by atoms with Crippen LogP contribution in [0.4, 0.5) is 0 Å². The van der Waals surface area contributed by atoms with Crippen LogP contribution in [0.3, 0.4) is 0 Å². The Kier molecular flexibility index (Phi) is 5.11. The highest BCUT2D eigenvalue weighted by atomic mass is 16.5. The number of nitrogens with one attached hydrogen (secondary N) is 1. The van der Waals surface area contributed by atoms with Gasteiger partial charge >= 0.3 is 0 Å². The summed E-state index contributed by atoms with van der Waals surface area (Å²) in [5.74, 6) is 0.509. The normalized spacial score (nSPS) is 16.9. The third-order valence-electron chi connectivity index (χ3n) is 4.38. The molecule has 1 saturated heterocycles. The highest BCUT2D eigenvalue weighted by Crippen LogP contribution is 2.33. The number of nitrogens with zero attached hydrogens (tertiary/aromatic N) is 3. The van der Waals surface area contributed by atoms with Gasteiger partial charge in [-0.2, -0.15) is 0 Å². The highest BCUT2D eigenvalue weighted by molar-refractivity contribution is 5.92. The lowest BCUT2D eigenvalue weighted by atomic mass is 10.0. The number of aryl methyl sites for hydroxylation is 1. The van der Waals surface area contributed by atoms with Gasteiger partial charge in [0.2, 0.25) is 5.91 Å². The maximum atomic E-state index is 12.8. The van der Waals surface area contributed by atoms with Crippen LogP contribution in [0, 0.1) is 0 Å². The second kappa shape index (κ2) is 7.46. The van der Waals surface area contributed by atoms with Crippen molar-refractivity contribution in [1.29, 1.82) is 0 Å². The second-order valence-electron chi connectivity index (χ2n) is 6.18. The topological polar surface area (TPSA) is 88.3 Å². The summed E-state index contributed by atoms with van der Waals surface area (Å²) in [6.07, 6.45) is 4.27. The molecule has 1 fully saturated rings. The van der Waals surface area contributed by atoms with Crippen molar-refractivity contribution in [2.24, 2.45) is 0 Å². The summed E-state index contributed by atoms with van der Waals surface area (Å²) in [7, 11) is 0. The molecule has 1 N–H and O–H groups in total. The summed E-state index contributed by atoms with van der Waals surface area (Å²) in [6, 6.07) is 5.58. The van der Waals surface area contributed by atoms with Crippen molar-refractivity contribution in [3.8, 4) is 0 Å². The van der Waals surface area contributed by atoms with Gasteiger partial charge in [-0.15, -0.1) is 0 Å². The van der Waals surface area contributed by atoms with Gasteiger partial charge in [0, 0.05) is 32.2 Å². The van der Waals surface area contributed by atoms with E-state index in [2.05, 4.69) is 15.5 Å². The van der Waals surface area contributed by atoms with Crippen LogP contribution in [0.2, 0.25) is 0 Å². The lowest BCUT2D eigenvalue weighted by molar-refractivity contribution is -0.119. The van der Waals surface area contributed by atoms with Gasteiger partial charge in [-0.05, 0) is 30.5 Å². The fourth-order valence-electron chi connectivity index (χ4n) is 3.10. The molecule has 132 valence electrons. The molecule has 0 radical (unpaired) electrons. The van der Waals surface area contributed by atoms with Crippen LogP contribution in [0.15, 0.2) is 28.9 Å². The van der Waals surface area contributed by atoms with Gasteiger partial charge < -0.3 is 14.7 Å². The number of carbonyl (C=O) groups is 2. The Bertz CT molecular complexity index is 771. The van der Waals surface area contributed by atoms with E-state index in [9.17, 15) is 9.59 Å². The van der Waals surface area contributed by atoms with Gasteiger partial charge in [0.15, 0.2) is 5.69 Å². The number of pyridine rings is 1. The van der Waals surface area contributed by atoms with Gasteiger partial charge in [-0.3, -0.25) is 14.6 Å². The number of aromatic nitrogens is 2. The molecule has 0 aromatic carbocycles. The molecule has 0 unspecified atom stereocenters. The molecule has 0 aliphatic carbocycles. The standard InChI is InChI=1S/C18H22N4O3/c1-3-15-10-16(21-25-15)18(24)22-8-4-5-17(22)13-6-7-19-14(9-13)11-20-12(2)23/h6-7,9-10,17H,3-5,8,11H2,1-2H3,(H,20,23)/t17-/m0/s1. The first kappa shape index (κ1) is 17.1. The molecule has 7 nitrogen and oxygen atoms in total. The smallest absolute Gasteiger partial charge is 0.276 e. The predicted octanol–water partition coefficient (Wildman–Crippen LogP) is 2.25. The molecule has 0 saturated carbocycles. The quantitative estimate of drug-likeness (QED) is 0.900. The third-order valence-corrected chi connectivity index (χ3v) is 4.38. The largest absolute Gasteiger partial charge is 0.361 e. The molecular weight excluding hydrogens is 320 g/mol. The van der Waals surface area contributed by atoms with Crippen LogP contribution in [-0.4, -0.2) is 33.4 Å². The van der Waals surface area contributed by atoms with E-state index < -0.39 is 0 Å². The van der Waals surface area contributed by atoms with E-state index in [0.717, 1.165) is 24.1 Å². The van der Waals surface area contributed by atoms with Crippen molar-refractivity contribution in [2.45, 2.75) is 45.7 Å². The third kappa shape index (κ3) is 3.87. The Hall–Kier alpha value is -2.70. The molecule has 1 aliphatic heterocycles. The summed E-state index contributed by atoms with van der Waals surface area (Å²) in [4.78, 5) is 30.0. The predicted molar refractivity (Wildman–Crippen MR) is 90.7 cm³/mol. The van der Waals surface area contributed by atoms with Crippen LogP contribution >= 0.6 is 0 Å². The van der Waals surface area contributed by atoms with Gasteiger partial charge in [0.1, 0.15) is 5.76 Å². The number of likely N-dealkylation sites (tertiary alicyclic amines) is 1. The van der Waals surface area contributed by atoms with Crippen LogP contribution in [0.1, 0.15) is 60.2 Å². The summed E-state index contributed by atoms with van der Waals surface area (Å²) < 4.78 is 5.16. The minimum Gasteiger partial charge on any atom is -0.361 e. The van der Waals surface area contributed by atoms with E-state index in [4.69, 9.17) is 4.52 Å². The minimum absolute atomic E-state index is 0.00615.